The van der Waals surface area contributed by atoms with E-state index in [9.17, 15) is 4.79 Å². The third-order valence-electron chi connectivity index (χ3n) is 3.74. The maximum atomic E-state index is 11.6. The van der Waals surface area contributed by atoms with Gasteiger partial charge in [0.1, 0.15) is 0 Å². The standard InChI is InChI=1S/C14H19N3O/c18-14-15-8-11-17(14)13-6-4-12(5-7-13)16-9-2-1-3-10-16/h4-7H,1-3,8-11H2,(H,15,18). The van der Waals surface area contributed by atoms with Crippen molar-refractivity contribution < 1.29 is 4.79 Å². The van der Waals surface area contributed by atoms with Gasteiger partial charge in [-0.05, 0) is 43.5 Å². The Hall–Kier alpha value is -1.71. The fourth-order valence-electron chi connectivity index (χ4n) is 2.71. The molecule has 0 aromatic heterocycles. The van der Waals surface area contributed by atoms with E-state index in [1.807, 2.05) is 0 Å². The van der Waals surface area contributed by atoms with Gasteiger partial charge >= 0.3 is 6.03 Å². The summed E-state index contributed by atoms with van der Waals surface area (Å²) in [6.45, 7) is 3.82. The van der Waals surface area contributed by atoms with E-state index >= 15 is 0 Å². The van der Waals surface area contributed by atoms with Crippen molar-refractivity contribution in [1.82, 2.24) is 5.32 Å². The zero-order valence-electron chi connectivity index (χ0n) is 10.6. The van der Waals surface area contributed by atoms with Gasteiger partial charge in [0.15, 0.2) is 0 Å². The van der Waals surface area contributed by atoms with Gasteiger partial charge in [-0.2, -0.15) is 0 Å². The van der Waals surface area contributed by atoms with Gasteiger partial charge in [-0.15, -0.1) is 0 Å². The van der Waals surface area contributed by atoms with Gasteiger partial charge in [-0.3, -0.25) is 4.90 Å². The summed E-state index contributed by atoms with van der Waals surface area (Å²) in [4.78, 5) is 15.8. The number of hydrogen-bond donors (Lipinski definition) is 1. The second-order valence-electron chi connectivity index (χ2n) is 4.95. The topological polar surface area (TPSA) is 35.6 Å². The smallest absolute Gasteiger partial charge is 0.321 e. The maximum absolute atomic E-state index is 11.6. The Morgan fingerprint density at radius 2 is 1.56 bits per heavy atom. The van der Waals surface area contributed by atoms with Crippen molar-refractivity contribution >= 4 is 17.4 Å². The Balaban J connectivity index is 1.74. The molecule has 2 fully saturated rings. The third kappa shape index (κ3) is 2.15. The van der Waals surface area contributed by atoms with Crippen LogP contribution in [-0.4, -0.2) is 32.2 Å². The lowest BCUT2D eigenvalue weighted by Crippen LogP contribution is -2.30. The SMILES string of the molecule is O=C1NCCN1c1ccc(N2CCCCC2)cc1. The molecule has 0 radical (unpaired) electrons. The molecule has 2 aliphatic rings. The molecule has 4 heteroatoms. The van der Waals surface area contributed by atoms with E-state index in [0.29, 0.717) is 0 Å². The highest BCUT2D eigenvalue weighted by atomic mass is 16.2. The predicted octanol–water partition coefficient (Wildman–Crippen LogP) is 2.21. The van der Waals surface area contributed by atoms with Crippen LogP contribution in [0.2, 0.25) is 0 Å². The summed E-state index contributed by atoms with van der Waals surface area (Å²) in [5.74, 6) is 0. The molecule has 0 aliphatic carbocycles. The van der Waals surface area contributed by atoms with Crippen LogP contribution in [0.5, 0.6) is 0 Å². The molecule has 0 saturated carbocycles. The van der Waals surface area contributed by atoms with Crippen molar-refractivity contribution in [3.8, 4) is 0 Å². The molecule has 4 nitrogen and oxygen atoms in total. The van der Waals surface area contributed by atoms with Crippen LogP contribution in [0, 0.1) is 0 Å². The number of carbonyl (C=O) groups is 1. The maximum Gasteiger partial charge on any atom is 0.321 e. The number of rotatable bonds is 2. The Morgan fingerprint density at radius 3 is 2.17 bits per heavy atom. The molecule has 2 saturated heterocycles. The monoisotopic (exact) mass is 245 g/mol. The van der Waals surface area contributed by atoms with E-state index in [1.54, 1.807) is 4.90 Å². The zero-order chi connectivity index (χ0) is 12.4. The summed E-state index contributed by atoms with van der Waals surface area (Å²) in [5.41, 5.74) is 2.27. The van der Waals surface area contributed by atoms with Gasteiger partial charge in [-0.1, -0.05) is 0 Å². The second-order valence-corrected chi connectivity index (χ2v) is 4.95. The highest BCUT2D eigenvalue weighted by molar-refractivity contribution is 5.94. The molecule has 0 spiro atoms. The van der Waals surface area contributed by atoms with Crippen LogP contribution in [0.4, 0.5) is 16.2 Å². The Bertz CT molecular complexity index is 423. The van der Waals surface area contributed by atoms with E-state index in [2.05, 4.69) is 34.5 Å². The largest absolute Gasteiger partial charge is 0.372 e. The number of amides is 2. The first kappa shape index (κ1) is 11.4. The number of nitrogens with one attached hydrogen (secondary N) is 1. The summed E-state index contributed by atoms with van der Waals surface area (Å²) in [6.07, 6.45) is 3.93. The van der Waals surface area contributed by atoms with E-state index in [4.69, 9.17) is 0 Å². The van der Waals surface area contributed by atoms with Gasteiger partial charge in [0.05, 0.1) is 0 Å². The number of urea groups is 1. The lowest BCUT2D eigenvalue weighted by Gasteiger charge is -2.29. The van der Waals surface area contributed by atoms with Gasteiger partial charge in [0.2, 0.25) is 0 Å². The summed E-state index contributed by atoms with van der Waals surface area (Å²) in [7, 11) is 0. The zero-order valence-corrected chi connectivity index (χ0v) is 10.6. The van der Waals surface area contributed by atoms with E-state index in [1.165, 1.54) is 24.9 Å². The molecule has 2 aliphatic heterocycles. The first-order valence-corrected chi connectivity index (χ1v) is 6.75. The minimum absolute atomic E-state index is 0.0146. The van der Waals surface area contributed by atoms with Crippen LogP contribution in [0.1, 0.15) is 19.3 Å². The molecular weight excluding hydrogens is 226 g/mol. The third-order valence-corrected chi connectivity index (χ3v) is 3.74. The molecule has 1 aromatic rings. The number of hydrogen-bond acceptors (Lipinski definition) is 2. The summed E-state index contributed by atoms with van der Waals surface area (Å²) >= 11 is 0. The Morgan fingerprint density at radius 1 is 0.889 bits per heavy atom. The molecule has 3 rings (SSSR count). The molecule has 2 heterocycles. The van der Waals surface area contributed by atoms with Crippen LogP contribution in [0.3, 0.4) is 0 Å². The van der Waals surface area contributed by atoms with Crippen LogP contribution >= 0.6 is 0 Å². The highest BCUT2D eigenvalue weighted by Gasteiger charge is 2.21. The van der Waals surface area contributed by atoms with Crippen molar-refractivity contribution in [2.75, 3.05) is 36.0 Å². The first-order valence-electron chi connectivity index (χ1n) is 6.75. The van der Waals surface area contributed by atoms with Gasteiger partial charge < -0.3 is 10.2 Å². The van der Waals surface area contributed by atoms with Gasteiger partial charge in [0.25, 0.3) is 0 Å². The van der Waals surface area contributed by atoms with Gasteiger partial charge in [0, 0.05) is 37.6 Å². The van der Waals surface area contributed by atoms with Crippen molar-refractivity contribution in [1.29, 1.82) is 0 Å². The predicted molar refractivity (Wildman–Crippen MR) is 73.3 cm³/mol. The summed E-state index contributed by atoms with van der Waals surface area (Å²) in [5, 5.41) is 2.82. The Labute approximate surface area is 108 Å². The molecule has 0 atom stereocenters. The van der Waals surface area contributed by atoms with Crippen molar-refractivity contribution in [2.45, 2.75) is 19.3 Å². The summed E-state index contributed by atoms with van der Waals surface area (Å²) in [6, 6.07) is 8.38. The van der Waals surface area contributed by atoms with Crippen molar-refractivity contribution in [3.05, 3.63) is 24.3 Å². The highest BCUT2D eigenvalue weighted by Crippen LogP contribution is 2.24. The number of carbonyl (C=O) groups excluding carboxylic acids is 1. The van der Waals surface area contributed by atoms with Crippen LogP contribution < -0.4 is 15.1 Å². The summed E-state index contributed by atoms with van der Waals surface area (Å²) < 4.78 is 0. The molecule has 0 unspecified atom stereocenters. The molecule has 18 heavy (non-hydrogen) atoms. The normalized spacial score (nSPS) is 20.1. The average Bonchev–Trinajstić information content (AvgIpc) is 2.86. The second kappa shape index (κ2) is 4.88. The van der Waals surface area contributed by atoms with E-state index in [-0.39, 0.29) is 6.03 Å². The quantitative estimate of drug-likeness (QED) is 0.867. The molecule has 96 valence electrons. The molecular formula is C14H19N3O. The average molecular weight is 245 g/mol. The molecule has 2 amide bonds. The van der Waals surface area contributed by atoms with E-state index < -0.39 is 0 Å². The van der Waals surface area contributed by atoms with E-state index in [0.717, 1.165) is 31.9 Å². The minimum Gasteiger partial charge on any atom is -0.372 e. The molecule has 1 N–H and O–H groups in total. The Kier molecular flexibility index (Phi) is 3.09. The molecule has 1 aromatic carbocycles. The lowest BCUT2D eigenvalue weighted by molar-refractivity contribution is 0.252. The molecule has 0 bridgehead atoms. The number of nitrogens with zero attached hydrogens (tertiary/aromatic N) is 2. The number of anilines is 2. The van der Waals surface area contributed by atoms with Crippen molar-refractivity contribution in [2.24, 2.45) is 0 Å². The van der Waals surface area contributed by atoms with Gasteiger partial charge in [-0.25, -0.2) is 4.79 Å². The van der Waals surface area contributed by atoms with Crippen LogP contribution in [-0.2, 0) is 0 Å². The fraction of sp³-hybridized carbons (Fsp3) is 0.500. The minimum atomic E-state index is 0.0146. The number of benzene rings is 1. The number of piperidine rings is 1. The van der Waals surface area contributed by atoms with Crippen molar-refractivity contribution in [3.63, 3.8) is 0 Å². The lowest BCUT2D eigenvalue weighted by atomic mass is 10.1. The fourth-order valence-corrected chi connectivity index (χ4v) is 2.71. The van der Waals surface area contributed by atoms with Crippen LogP contribution in [0.15, 0.2) is 24.3 Å². The van der Waals surface area contributed by atoms with Crippen LogP contribution in [0.25, 0.3) is 0 Å². The first-order chi connectivity index (χ1) is 8.84.